The van der Waals surface area contributed by atoms with Crippen LogP contribution in [0.1, 0.15) is 71.6 Å². The lowest BCUT2D eigenvalue weighted by Gasteiger charge is -2.56. The summed E-state index contributed by atoms with van der Waals surface area (Å²) < 4.78 is 20.1. The SMILES string of the molecule is CC=C(CCO)C(=O)O[C@@]1(C)CC=C2CSSC[C@H]3[C@H](C[NH2+]C)CN3C(=O)CC3C[NH2+]C(N)CC3[C@H]2[C@@]12CC1CC3CCC(=O)OC3CC1O2. The predicted molar refractivity (Wildman–Crippen MR) is 191 cm³/mol. The summed E-state index contributed by atoms with van der Waals surface area (Å²) in [6.07, 6.45) is 9.26. The Morgan fingerprint density at radius 3 is 2.84 bits per heavy atom. The lowest BCUT2D eigenvalue weighted by molar-refractivity contribution is -0.706. The Bertz CT molecular complexity index is 1380. The van der Waals surface area contributed by atoms with Gasteiger partial charge >= 0.3 is 11.9 Å². The Kier molecular flexibility index (Phi) is 11.0. The zero-order chi connectivity index (χ0) is 35.2. The van der Waals surface area contributed by atoms with Crippen molar-refractivity contribution in [3.63, 3.8) is 0 Å². The number of carbonyl (C=O) groups excluding carboxylic acids is 3. The molecule has 7 unspecified atom stereocenters. The number of aliphatic hydroxyl groups excluding tert-OH is 1. The number of rotatable bonds is 6. The van der Waals surface area contributed by atoms with Gasteiger partial charge in [-0.1, -0.05) is 39.3 Å². The number of carbonyl (C=O) groups is 3. The molecule has 7 rings (SSSR count). The van der Waals surface area contributed by atoms with Crippen LogP contribution in [0.5, 0.6) is 0 Å². The van der Waals surface area contributed by atoms with E-state index in [9.17, 15) is 19.5 Å². The van der Waals surface area contributed by atoms with E-state index in [0.717, 1.165) is 56.8 Å². The number of esters is 2. The molecule has 1 spiro atoms. The quantitative estimate of drug-likeness (QED) is 0.135. The minimum Gasteiger partial charge on any atom is -0.462 e. The smallest absolute Gasteiger partial charge is 0.334 e. The minimum atomic E-state index is -0.998. The molecule has 0 bridgehead atoms. The molecule has 6 fully saturated rings. The van der Waals surface area contributed by atoms with E-state index in [-0.39, 0.29) is 73.0 Å². The number of fused-ring (bicyclic) bond motifs is 7. The van der Waals surface area contributed by atoms with E-state index in [2.05, 4.69) is 35.6 Å². The molecule has 7 aliphatic rings. The van der Waals surface area contributed by atoms with Crippen molar-refractivity contribution in [3.05, 3.63) is 23.3 Å². The van der Waals surface area contributed by atoms with E-state index in [1.54, 1.807) is 6.08 Å². The summed E-state index contributed by atoms with van der Waals surface area (Å²) in [7, 11) is 5.85. The number of quaternary nitrogens is 2. The largest absolute Gasteiger partial charge is 0.462 e. The molecule has 12 atom stereocenters. The highest BCUT2D eigenvalue weighted by molar-refractivity contribution is 8.76. The molecule has 50 heavy (non-hydrogen) atoms. The number of amides is 1. The van der Waals surface area contributed by atoms with Gasteiger partial charge in [-0.25, -0.2) is 4.79 Å². The van der Waals surface area contributed by atoms with Crippen molar-refractivity contribution in [3.8, 4) is 0 Å². The third-order valence-corrected chi connectivity index (χ3v) is 15.8. The summed E-state index contributed by atoms with van der Waals surface area (Å²) in [4.78, 5) is 42.5. The Hall–Kier alpha value is -1.61. The van der Waals surface area contributed by atoms with Crippen LogP contribution in [0.3, 0.4) is 0 Å². The molecule has 7 N–H and O–H groups in total. The number of allylic oxidation sites excluding steroid dienone is 1. The summed E-state index contributed by atoms with van der Waals surface area (Å²) in [6.45, 7) is 6.36. The Balaban J connectivity index is 1.28. The monoisotopic (exact) mass is 734 g/mol. The van der Waals surface area contributed by atoms with Crippen LogP contribution in [0.4, 0.5) is 0 Å². The van der Waals surface area contributed by atoms with Crippen LogP contribution >= 0.6 is 21.6 Å². The predicted octanol–water partition coefficient (Wildman–Crippen LogP) is 1.11. The Labute approximate surface area is 304 Å². The van der Waals surface area contributed by atoms with Crippen LogP contribution in [0.15, 0.2) is 23.3 Å². The summed E-state index contributed by atoms with van der Waals surface area (Å²) in [6, 6.07) is 0.271. The molecule has 13 heteroatoms. The van der Waals surface area contributed by atoms with Gasteiger partial charge in [0.2, 0.25) is 5.91 Å². The second-order valence-corrected chi connectivity index (χ2v) is 18.7. The maximum atomic E-state index is 14.1. The van der Waals surface area contributed by atoms with E-state index in [1.165, 1.54) is 5.57 Å². The van der Waals surface area contributed by atoms with Gasteiger partial charge in [0.15, 0.2) is 0 Å². The molecular weight excluding hydrogens is 677 g/mol. The third kappa shape index (κ3) is 6.71. The molecule has 0 aromatic carbocycles. The number of nitrogens with zero attached hydrogens (tertiary/aromatic N) is 1. The molecule has 0 radical (unpaired) electrons. The summed E-state index contributed by atoms with van der Waals surface area (Å²) in [5.74, 6) is 2.58. The highest BCUT2D eigenvalue weighted by Crippen LogP contribution is 2.62. The molecule has 0 aromatic rings. The zero-order valence-corrected chi connectivity index (χ0v) is 31.6. The second kappa shape index (κ2) is 15.0. The van der Waals surface area contributed by atoms with Gasteiger partial charge in [0, 0.05) is 86.5 Å². The summed E-state index contributed by atoms with van der Waals surface area (Å²) in [5.41, 5.74) is 6.70. The molecule has 0 aromatic heterocycles. The van der Waals surface area contributed by atoms with Gasteiger partial charge < -0.3 is 34.9 Å². The molecular formula is C37H58N4O7S2+2. The number of ether oxygens (including phenoxy) is 3. The van der Waals surface area contributed by atoms with Crippen molar-refractivity contribution in [1.82, 2.24) is 4.90 Å². The average Bonchev–Trinajstić information content (AvgIpc) is 3.45. The van der Waals surface area contributed by atoms with Gasteiger partial charge in [0.1, 0.15) is 23.5 Å². The molecule has 1 amide bonds. The van der Waals surface area contributed by atoms with Crippen molar-refractivity contribution in [2.45, 2.75) is 107 Å². The van der Waals surface area contributed by atoms with Crippen molar-refractivity contribution in [2.75, 3.05) is 44.8 Å². The molecule has 2 aliphatic carbocycles. The molecule has 11 nitrogen and oxygen atoms in total. The molecule has 5 saturated heterocycles. The lowest BCUT2D eigenvalue weighted by Crippen LogP contribution is -2.96. The first-order valence-electron chi connectivity index (χ1n) is 19.1. The highest BCUT2D eigenvalue weighted by Gasteiger charge is 2.68. The van der Waals surface area contributed by atoms with E-state index in [1.807, 2.05) is 28.5 Å². The first-order chi connectivity index (χ1) is 24.1. The lowest BCUT2D eigenvalue weighted by atomic mass is 9.56. The van der Waals surface area contributed by atoms with Gasteiger partial charge in [-0.2, -0.15) is 0 Å². The van der Waals surface area contributed by atoms with E-state index < -0.39 is 17.2 Å². The number of hydrogen-bond donors (Lipinski definition) is 4. The van der Waals surface area contributed by atoms with Gasteiger partial charge in [0.25, 0.3) is 0 Å². The van der Waals surface area contributed by atoms with Gasteiger partial charge in [-0.05, 0) is 50.9 Å². The Morgan fingerprint density at radius 1 is 1.22 bits per heavy atom. The van der Waals surface area contributed by atoms with Crippen molar-refractivity contribution in [1.29, 1.82) is 0 Å². The number of nitrogens with two attached hydrogens (primary N) is 3. The first kappa shape index (κ1) is 36.7. The minimum absolute atomic E-state index is 0.0620. The highest BCUT2D eigenvalue weighted by atomic mass is 33.1. The first-order valence-corrected chi connectivity index (χ1v) is 21.5. The number of aliphatic hydroxyl groups is 1. The Morgan fingerprint density at radius 2 is 2.06 bits per heavy atom. The van der Waals surface area contributed by atoms with E-state index in [4.69, 9.17) is 19.9 Å². The molecule has 5 aliphatic heterocycles. The van der Waals surface area contributed by atoms with E-state index >= 15 is 0 Å². The maximum absolute atomic E-state index is 14.1. The number of hydrogen-bond acceptors (Lipinski definition) is 10. The van der Waals surface area contributed by atoms with Crippen LogP contribution < -0.4 is 16.4 Å². The standard InChI is InChI=1S/C37H56N4O7S2/c1-4-21(8-10-42)35(45)48-36(2)9-7-23-19-49-50-20-28-26(16-39-3)18-41(28)32(43)12-25-17-40-31(38)13-27(25)34(23)37(36)15-24-11-22-5-6-33(44)46-29(22)14-30(24)47-37/h4,7,22,24-31,34,39-40,42H,5-6,8-20,38H2,1-3H3/p+2/t22?,24?,25?,26-,27?,28+,29?,30?,31?,34+,36+,37+/m1/s1. The normalized spacial score (nSPS) is 43.4. The fraction of sp³-hybridized carbons (Fsp3) is 0.811. The summed E-state index contributed by atoms with van der Waals surface area (Å²) in [5, 5.41) is 14.2. The van der Waals surface area contributed by atoms with Crippen molar-refractivity contribution >= 4 is 39.4 Å². The summed E-state index contributed by atoms with van der Waals surface area (Å²) >= 11 is 0. The van der Waals surface area contributed by atoms with Crippen LogP contribution in [-0.2, 0) is 28.6 Å². The topological polar surface area (TPSA) is 162 Å². The van der Waals surface area contributed by atoms with Gasteiger partial charge in [-0.15, -0.1) is 0 Å². The van der Waals surface area contributed by atoms with Crippen molar-refractivity contribution < 1.29 is 44.3 Å². The molecule has 278 valence electrons. The third-order valence-electron chi connectivity index (χ3n) is 13.4. The van der Waals surface area contributed by atoms with Crippen LogP contribution in [0.2, 0.25) is 0 Å². The van der Waals surface area contributed by atoms with Crippen LogP contribution in [-0.4, -0.2) is 108 Å². The fourth-order valence-corrected chi connectivity index (χ4v) is 13.4. The van der Waals surface area contributed by atoms with Crippen LogP contribution in [0.25, 0.3) is 0 Å². The van der Waals surface area contributed by atoms with Gasteiger partial charge in [0.05, 0.1) is 32.3 Å². The average molecular weight is 735 g/mol. The van der Waals surface area contributed by atoms with E-state index in [0.29, 0.717) is 43.1 Å². The second-order valence-electron chi connectivity index (χ2n) is 16.2. The maximum Gasteiger partial charge on any atom is 0.334 e. The van der Waals surface area contributed by atoms with Crippen LogP contribution in [0, 0.1) is 35.5 Å². The number of piperidine rings is 1. The molecule has 5 heterocycles. The fourth-order valence-electron chi connectivity index (χ4n) is 10.8. The van der Waals surface area contributed by atoms with Gasteiger partial charge in [-0.3, -0.25) is 15.3 Å². The zero-order valence-electron chi connectivity index (χ0n) is 29.9. The van der Waals surface area contributed by atoms with Crippen molar-refractivity contribution in [2.24, 2.45) is 41.2 Å². The molecule has 1 saturated carbocycles.